The molecule has 0 atom stereocenters. The standard InChI is InChI=1S/C18H18N2O5/c1-4-12-8-17(22)24-18-11(3)14(6-5-13(12)18)23-9-16(21)19-15-7-10(2)25-20-15/h5-8H,4,9H2,1-3H3,(H,19,20,21). The van der Waals surface area contributed by atoms with Crippen LogP contribution in [-0.4, -0.2) is 17.7 Å². The van der Waals surface area contributed by atoms with E-state index in [4.69, 9.17) is 13.7 Å². The number of anilines is 1. The van der Waals surface area contributed by atoms with E-state index in [2.05, 4.69) is 10.5 Å². The molecule has 2 heterocycles. The molecule has 0 aliphatic carbocycles. The molecule has 0 aliphatic heterocycles. The van der Waals surface area contributed by atoms with E-state index >= 15 is 0 Å². The summed E-state index contributed by atoms with van der Waals surface area (Å²) in [4.78, 5) is 23.6. The maximum absolute atomic E-state index is 11.9. The maximum atomic E-state index is 11.9. The minimum atomic E-state index is -0.399. The van der Waals surface area contributed by atoms with E-state index in [1.54, 1.807) is 26.0 Å². The van der Waals surface area contributed by atoms with Crippen molar-refractivity contribution in [1.29, 1.82) is 0 Å². The molecule has 0 bridgehead atoms. The topological polar surface area (TPSA) is 94.6 Å². The van der Waals surface area contributed by atoms with Crippen molar-refractivity contribution in [1.82, 2.24) is 5.16 Å². The number of carbonyl (C=O) groups is 1. The lowest BCUT2D eigenvalue weighted by atomic mass is 10.0. The maximum Gasteiger partial charge on any atom is 0.336 e. The van der Waals surface area contributed by atoms with Crippen molar-refractivity contribution in [2.45, 2.75) is 27.2 Å². The first-order valence-corrected chi connectivity index (χ1v) is 7.90. The Morgan fingerprint density at radius 3 is 2.76 bits per heavy atom. The summed E-state index contributed by atoms with van der Waals surface area (Å²) in [7, 11) is 0. The number of ether oxygens (including phenoxy) is 1. The quantitative estimate of drug-likeness (QED) is 0.716. The van der Waals surface area contributed by atoms with Gasteiger partial charge in [0.25, 0.3) is 5.91 Å². The van der Waals surface area contributed by atoms with Crippen LogP contribution in [0, 0.1) is 13.8 Å². The van der Waals surface area contributed by atoms with E-state index in [1.165, 1.54) is 6.07 Å². The highest BCUT2D eigenvalue weighted by atomic mass is 16.5. The number of carbonyl (C=O) groups excluding carboxylic acids is 1. The summed E-state index contributed by atoms with van der Waals surface area (Å²) in [5, 5.41) is 7.13. The molecule has 7 nitrogen and oxygen atoms in total. The summed E-state index contributed by atoms with van der Waals surface area (Å²) in [6.45, 7) is 5.30. The Morgan fingerprint density at radius 2 is 2.08 bits per heavy atom. The highest BCUT2D eigenvalue weighted by molar-refractivity contribution is 5.91. The molecule has 0 aliphatic rings. The average molecular weight is 342 g/mol. The van der Waals surface area contributed by atoms with Gasteiger partial charge in [-0.1, -0.05) is 12.1 Å². The van der Waals surface area contributed by atoms with Crippen molar-refractivity contribution >= 4 is 22.7 Å². The fraction of sp³-hybridized carbons (Fsp3) is 0.278. The summed E-state index contributed by atoms with van der Waals surface area (Å²) in [5.41, 5.74) is 1.67. The number of benzene rings is 1. The molecule has 0 unspecified atom stereocenters. The number of fused-ring (bicyclic) bond motifs is 1. The largest absolute Gasteiger partial charge is 0.483 e. The summed E-state index contributed by atoms with van der Waals surface area (Å²) < 4.78 is 15.8. The normalized spacial score (nSPS) is 10.8. The monoisotopic (exact) mass is 342 g/mol. The van der Waals surface area contributed by atoms with Gasteiger partial charge >= 0.3 is 5.63 Å². The van der Waals surface area contributed by atoms with Crippen molar-refractivity contribution in [3.63, 3.8) is 0 Å². The third-order valence-corrected chi connectivity index (χ3v) is 3.83. The van der Waals surface area contributed by atoms with Crippen LogP contribution in [0.15, 0.2) is 38.0 Å². The molecule has 1 amide bonds. The lowest BCUT2D eigenvalue weighted by Crippen LogP contribution is -2.20. The predicted octanol–water partition coefficient (Wildman–Crippen LogP) is 2.98. The van der Waals surface area contributed by atoms with Crippen LogP contribution in [0.3, 0.4) is 0 Å². The van der Waals surface area contributed by atoms with Gasteiger partial charge in [0, 0.05) is 23.1 Å². The first-order valence-electron chi connectivity index (χ1n) is 7.90. The predicted molar refractivity (Wildman–Crippen MR) is 92.0 cm³/mol. The molecule has 0 saturated heterocycles. The Kier molecular flexibility index (Phi) is 4.56. The number of aryl methyl sites for hydroxylation is 3. The van der Waals surface area contributed by atoms with E-state index in [9.17, 15) is 9.59 Å². The number of nitrogens with zero attached hydrogens (tertiary/aromatic N) is 1. The third-order valence-electron chi connectivity index (χ3n) is 3.83. The molecule has 0 spiro atoms. The van der Waals surface area contributed by atoms with E-state index in [1.807, 2.05) is 13.0 Å². The van der Waals surface area contributed by atoms with E-state index in [0.717, 1.165) is 17.4 Å². The Balaban J connectivity index is 1.78. The van der Waals surface area contributed by atoms with Gasteiger partial charge in [-0.15, -0.1) is 0 Å². The van der Waals surface area contributed by atoms with Gasteiger partial charge < -0.3 is 19.0 Å². The van der Waals surface area contributed by atoms with Gasteiger partial charge in [0.1, 0.15) is 17.1 Å². The molecule has 0 radical (unpaired) electrons. The van der Waals surface area contributed by atoms with Gasteiger partial charge in [-0.05, 0) is 38.0 Å². The molecule has 1 aromatic carbocycles. The first kappa shape index (κ1) is 16.8. The molecule has 130 valence electrons. The minimum absolute atomic E-state index is 0.198. The van der Waals surface area contributed by atoms with Crippen LogP contribution in [-0.2, 0) is 11.2 Å². The summed E-state index contributed by atoms with van der Waals surface area (Å²) in [5.74, 6) is 1.05. The molecule has 3 rings (SSSR count). The fourth-order valence-corrected chi connectivity index (χ4v) is 2.60. The zero-order valence-corrected chi connectivity index (χ0v) is 14.2. The van der Waals surface area contributed by atoms with Crippen molar-refractivity contribution < 1.29 is 18.5 Å². The molecular weight excluding hydrogens is 324 g/mol. The number of amides is 1. The Bertz CT molecular complexity index is 987. The highest BCUT2D eigenvalue weighted by Crippen LogP contribution is 2.28. The van der Waals surface area contributed by atoms with Crippen LogP contribution in [0.1, 0.15) is 23.8 Å². The molecule has 3 aromatic rings. The SMILES string of the molecule is CCc1cc(=O)oc2c(C)c(OCC(=O)Nc3cc(C)on3)ccc12. The van der Waals surface area contributed by atoms with Gasteiger partial charge in [0.15, 0.2) is 12.4 Å². The second-order valence-electron chi connectivity index (χ2n) is 5.67. The van der Waals surface area contributed by atoms with E-state index in [0.29, 0.717) is 28.5 Å². The summed E-state index contributed by atoms with van der Waals surface area (Å²) in [6, 6.07) is 6.71. The molecule has 2 aromatic heterocycles. The molecular formula is C18H18N2O5. The average Bonchev–Trinajstić information content (AvgIpc) is 2.98. The zero-order valence-electron chi connectivity index (χ0n) is 14.2. The lowest BCUT2D eigenvalue weighted by Gasteiger charge is -2.11. The van der Waals surface area contributed by atoms with Gasteiger partial charge in [-0.2, -0.15) is 0 Å². The smallest absolute Gasteiger partial charge is 0.336 e. The Hall–Kier alpha value is -3.09. The third kappa shape index (κ3) is 3.55. The highest BCUT2D eigenvalue weighted by Gasteiger charge is 2.13. The van der Waals surface area contributed by atoms with Crippen molar-refractivity contribution in [2.75, 3.05) is 11.9 Å². The van der Waals surface area contributed by atoms with Gasteiger partial charge in [0.05, 0.1) is 0 Å². The Labute approximate surface area is 143 Å². The van der Waals surface area contributed by atoms with E-state index < -0.39 is 5.63 Å². The van der Waals surface area contributed by atoms with Crippen LogP contribution in [0.5, 0.6) is 5.75 Å². The number of hydrogen-bond donors (Lipinski definition) is 1. The van der Waals surface area contributed by atoms with Crippen LogP contribution in [0.4, 0.5) is 5.82 Å². The van der Waals surface area contributed by atoms with Crippen molar-refractivity contribution in [3.8, 4) is 5.75 Å². The zero-order chi connectivity index (χ0) is 18.0. The minimum Gasteiger partial charge on any atom is -0.483 e. The fourth-order valence-electron chi connectivity index (χ4n) is 2.60. The number of nitrogens with one attached hydrogen (secondary N) is 1. The van der Waals surface area contributed by atoms with Crippen molar-refractivity contribution in [2.24, 2.45) is 0 Å². The number of aromatic nitrogens is 1. The van der Waals surface area contributed by atoms with Crippen LogP contribution in [0.2, 0.25) is 0 Å². The van der Waals surface area contributed by atoms with E-state index in [-0.39, 0.29) is 12.5 Å². The van der Waals surface area contributed by atoms with Gasteiger partial charge in [0.2, 0.25) is 0 Å². The van der Waals surface area contributed by atoms with Crippen LogP contribution >= 0.6 is 0 Å². The van der Waals surface area contributed by atoms with Crippen molar-refractivity contribution in [3.05, 3.63) is 51.6 Å². The lowest BCUT2D eigenvalue weighted by molar-refractivity contribution is -0.118. The number of hydrogen-bond acceptors (Lipinski definition) is 6. The molecule has 0 saturated carbocycles. The Morgan fingerprint density at radius 1 is 1.28 bits per heavy atom. The molecule has 25 heavy (non-hydrogen) atoms. The molecule has 1 N–H and O–H groups in total. The summed E-state index contributed by atoms with van der Waals surface area (Å²) >= 11 is 0. The molecule has 0 fully saturated rings. The second-order valence-corrected chi connectivity index (χ2v) is 5.67. The molecule has 7 heteroatoms. The van der Waals surface area contributed by atoms with Gasteiger partial charge in [-0.25, -0.2) is 4.79 Å². The second kappa shape index (κ2) is 6.80. The summed E-state index contributed by atoms with van der Waals surface area (Å²) in [6.07, 6.45) is 0.723. The first-order chi connectivity index (χ1) is 12.0. The van der Waals surface area contributed by atoms with Crippen LogP contribution < -0.4 is 15.7 Å². The number of rotatable bonds is 5. The van der Waals surface area contributed by atoms with Gasteiger partial charge in [-0.3, -0.25) is 4.79 Å². The van der Waals surface area contributed by atoms with Crippen LogP contribution in [0.25, 0.3) is 11.0 Å².